The Bertz CT molecular complexity index is 186. The molecule has 6 heteroatoms. The van der Waals surface area contributed by atoms with Crippen LogP contribution in [0.4, 0.5) is 0 Å². The third-order valence-electron chi connectivity index (χ3n) is 1.32. The molecule has 1 rings (SSSR count). The van der Waals surface area contributed by atoms with Gasteiger partial charge in [-0.1, -0.05) is 0 Å². The molecule has 0 N–H and O–H groups in total. The van der Waals surface area contributed by atoms with E-state index in [1.54, 1.807) is 0 Å². The predicted octanol–water partition coefficient (Wildman–Crippen LogP) is 0.0165. The zero-order valence-corrected chi connectivity index (χ0v) is 6.61. The summed E-state index contributed by atoms with van der Waals surface area (Å²) in [6.07, 6.45) is 0. The Morgan fingerprint density at radius 2 is 2.08 bits per heavy atom. The maximum absolute atomic E-state index is 10.5. The second-order valence-electron chi connectivity index (χ2n) is 2.45. The maximum Gasteiger partial charge on any atom is 0.305 e. The molecule has 0 aliphatic carbocycles. The van der Waals surface area contributed by atoms with Crippen molar-refractivity contribution in [2.45, 2.75) is 12.6 Å². The van der Waals surface area contributed by atoms with E-state index in [0.717, 1.165) is 0 Å². The summed E-state index contributed by atoms with van der Waals surface area (Å²) in [5.74, 6) is -0.580. The Balaban J connectivity index is 2.59. The molecule has 0 saturated carbocycles. The summed E-state index contributed by atoms with van der Waals surface area (Å²) in [5, 5.41) is 2.68. The highest BCUT2D eigenvalue weighted by Gasteiger charge is 2.38. The SMILES string of the molecule is CC(=O)OC1(N=O)COCOC1. The fourth-order valence-corrected chi connectivity index (χ4v) is 0.901. The molecule has 68 valence electrons. The van der Waals surface area contributed by atoms with Gasteiger partial charge in [-0.15, -0.1) is 4.91 Å². The smallest absolute Gasteiger partial charge is 0.305 e. The number of carbonyl (C=O) groups is 1. The van der Waals surface area contributed by atoms with Crippen LogP contribution in [0.2, 0.25) is 0 Å². The first-order valence-electron chi connectivity index (χ1n) is 3.38. The molecule has 1 aliphatic rings. The molecule has 1 fully saturated rings. The van der Waals surface area contributed by atoms with Crippen molar-refractivity contribution in [3.63, 3.8) is 0 Å². The molecular formula is C6H9NO5. The third kappa shape index (κ3) is 1.99. The number of nitrogens with zero attached hydrogens (tertiary/aromatic N) is 1. The van der Waals surface area contributed by atoms with E-state index in [0.29, 0.717) is 0 Å². The van der Waals surface area contributed by atoms with Gasteiger partial charge >= 0.3 is 5.97 Å². The first-order valence-corrected chi connectivity index (χ1v) is 3.38. The van der Waals surface area contributed by atoms with Crippen molar-refractivity contribution < 1.29 is 19.0 Å². The zero-order chi connectivity index (χ0) is 9.03. The van der Waals surface area contributed by atoms with Gasteiger partial charge < -0.3 is 14.2 Å². The van der Waals surface area contributed by atoms with Crippen molar-refractivity contribution in [2.24, 2.45) is 5.18 Å². The molecule has 0 radical (unpaired) electrons. The molecule has 0 bridgehead atoms. The zero-order valence-electron chi connectivity index (χ0n) is 6.61. The molecule has 0 unspecified atom stereocenters. The van der Waals surface area contributed by atoms with Crippen LogP contribution in [0.1, 0.15) is 6.92 Å². The Kier molecular flexibility index (Phi) is 2.72. The molecule has 6 nitrogen and oxygen atoms in total. The van der Waals surface area contributed by atoms with Crippen LogP contribution in [-0.2, 0) is 19.0 Å². The molecule has 0 amide bonds. The highest BCUT2D eigenvalue weighted by atomic mass is 16.7. The normalized spacial score (nSPS) is 21.4. The van der Waals surface area contributed by atoms with E-state index in [-0.39, 0.29) is 20.0 Å². The van der Waals surface area contributed by atoms with Gasteiger partial charge in [0.25, 0.3) is 5.72 Å². The largest absolute Gasteiger partial charge is 0.429 e. The van der Waals surface area contributed by atoms with Crippen LogP contribution >= 0.6 is 0 Å². The first-order chi connectivity index (χ1) is 5.68. The Morgan fingerprint density at radius 1 is 1.50 bits per heavy atom. The van der Waals surface area contributed by atoms with Gasteiger partial charge in [0.05, 0.1) is 0 Å². The summed E-state index contributed by atoms with van der Waals surface area (Å²) in [7, 11) is 0. The Labute approximate surface area is 68.8 Å². The monoisotopic (exact) mass is 175 g/mol. The topological polar surface area (TPSA) is 74.2 Å². The van der Waals surface area contributed by atoms with E-state index in [1.165, 1.54) is 6.92 Å². The lowest BCUT2D eigenvalue weighted by Crippen LogP contribution is -2.45. The van der Waals surface area contributed by atoms with Gasteiger partial charge in [-0.3, -0.25) is 4.79 Å². The lowest BCUT2D eigenvalue weighted by Gasteiger charge is -2.28. The van der Waals surface area contributed by atoms with Gasteiger partial charge in [0.1, 0.15) is 20.0 Å². The second kappa shape index (κ2) is 3.59. The fraction of sp³-hybridized carbons (Fsp3) is 0.833. The van der Waals surface area contributed by atoms with Gasteiger partial charge in [0.15, 0.2) is 0 Å². The lowest BCUT2D eigenvalue weighted by molar-refractivity contribution is -0.216. The van der Waals surface area contributed by atoms with Gasteiger partial charge in [-0.2, -0.15) is 0 Å². The van der Waals surface area contributed by atoms with E-state index in [1.807, 2.05) is 0 Å². The van der Waals surface area contributed by atoms with Crippen LogP contribution in [0.25, 0.3) is 0 Å². The summed E-state index contributed by atoms with van der Waals surface area (Å²) >= 11 is 0. The number of rotatable bonds is 2. The summed E-state index contributed by atoms with van der Waals surface area (Å²) in [6, 6.07) is 0. The number of esters is 1. The van der Waals surface area contributed by atoms with Crippen molar-refractivity contribution in [1.29, 1.82) is 0 Å². The number of ether oxygens (including phenoxy) is 3. The third-order valence-corrected chi connectivity index (χ3v) is 1.32. The van der Waals surface area contributed by atoms with Crippen LogP contribution in [-0.4, -0.2) is 31.7 Å². The summed E-state index contributed by atoms with van der Waals surface area (Å²) < 4.78 is 14.2. The minimum Gasteiger partial charge on any atom is -0.429 e. The van der Waals surface area contributed by atoms with Crippen LogP contribution in [0.15, 0.2) is 5.18 Å². The number of hydrogen-bond acceptors (Lipinski definition) is 6. The minimum atomic E-state index is -1.48. The van der Waals surface area contributed by atoms with Crippen LogP contribution in [0.5, 0.6) is 0 Å². The molecule has 12 heavy (non-hydrogen) atoms. The standard InChI is InChI=1S/C6H9NO5/c1-5(8)12-6(7-9)2-10-4-11-3-6/h2-4H2,1H3. The fourth-order valence-electron chi connectivity index (χ4n) is 0.901. The van der Waals surface area contributed by atoms with Crippen molar-refractivity contribution in [2.75, 3.05) is 20.0 Å². The summed E-state index contributed by atoms with van der Waals surface area (Å²) in [4.78, 5) is 20.9. The van der Waals surface area contributed by atoms with E-state index >= 15 is 0 Å². The number of carbonyl (C=O) groups excluding carboxylic acids is 1. The molecular weight excluding hydrogens is 166 g/mol. The summed E-state index contributed by atoms with van der Waals surface area (Å²) in [6.45, 7) is 1.20. The average molecular weight is 175 g/mol. The van der Waals surface area contributed by atoms with E-state index in [2.05, 4.69) is 9.91 Å². The quantitative estimate of drug-likeness (QED) is 0.436. The lowest BCUT2D eigenvalue weighted by atomic mass is 10.2. The second-order valence-corrected chi connectivity index (χ2v) is 2.45. The molecule has 0 aromatic heterocycles. The molecule has 1 saturated heterocycles. The van der Waals surface area contributed by atoms with Crippen molar-refractivity contribution in [3.05, 3.63) is 4.91 Å². The van der Waals surface area contributed by atoms with Crippen molar-refractivity contribution >= 4 is 5.97 Å². The van der Waals surface area contributed by atoms with Crippen molar-refractivity contribution in [3.8, 4) is 0 Å². The van der Waals surface area contributed by atoms with Crippen LogP contribution in [0.3, 0.4) is 0 Å². The highest BCUT2D eigenvalue weighted by molar-refractivity contribution is 5.66. The molecule has 0 aromatic rings. The van der Waals surface area contributed by atoms with Crippen LogP contribution < -0.4 is 0 Å². The average Bonchev–Trinajstić information content (AvgIpc) is 2.05. The highest BCUT2D eigenvalue weighted by Crippen LogP contribution is 2.18. The molecule has 0 aromatic carbocycles. The van der Waals surface area contributed by atoms with E-state index in [4.69, 9.17) is 9.47 Å². The Morgan fingerprint density at radius 3 is 2.50 bits per heavy atom. The van der Waals surface area contributed by atoms with Gasteiger partial charge in [-0.25, -0.2) is 0 Å². The first kappa shape index (κ1) is 9.08. The molecule has 0 spiro atoms. The van der Waals surface area contributed by atoms with Crippen molar-refractivity contribution in [1.82, 2.24) is 0 Å². The number of nitroso groups, excluding NO2 is 1. The maximum atomic E-state index is 10.5. The van der Waals surface area contributed by atoms with Gasteiger partial charge in [-0.05, 0) is 5.18 Å². The van der Waals surface area contributed by atoms with E-state index in [9.17, 15) is 9.70 Å². The summed E-state index contributed by atoms with van der Waals surface area (Å²) in [5.41, 5.74) is -1.48. The van der Waals surface area contributed by atoms with Gasteiger partial charge in [0, 0.05) is 6.92 Å². The molecule has 1 heterocycles. The van der Waals surface area contributed by atoms with E-state index < -0.39 is 11.7 Å². The minimum absolute atomic E-state index is 0.0456. The Hall–Kier alpha value is -1.01. The molecule has 1 aliphatic heterocycles. The number of hydrogen-bond donors (Lipinski definition) is 0. The predicted molar refractivity (Wildman–Crippen MR) is 37.1 cm³/mol. The molecule has 0 atom stereocenters. The van der Waals surface area contributed by atoms with Gasteiger partial charge in [0.2, 0.25) is 0 Å². The van der Waals surface area contributed by atoms with Crippen LogP contribution in [0, 0.1) is 4.91 Å².